The molecule has 0 heterocycles. The summed E-state index contributed by atoms with van der Waals surface area (Å²) in [6, 6.07) is 13.3. The smallest absolute Gasteiger partial charge is 0.241 e. The molecule has 8 heteroatoms. The fourth-order valence-electron chi connectivity index (χ4n) is 2.53. The van der Waals surface area contributed by atoms with E-state index in [0.717, 1.165) is 0 Å². The summed E-state index contributed by atoms with van der Waals surface area (Å²) in [5, 5.41) is 8.25. The zero-order valence-electron chi connectivity index (χ0n) is 17.0. The van der Waals surface area contributed by atoms with Crippen LogP contribution in [0, 0.1) is 0 Å². The minimum Gasteiger partial charge on any atom is -0.497 e. The lowest BCUT2D eigenvalue weighted by Crippen LogP contribution is -2.43. The van der Waals surface area contributed by atoms with Gasteiger partial charge < -0.3 is 20.7 Å². The zero-order chi connectivity index (χ0) is 21.4. The predicted octanol–water partition coefficient (Wildman–Crippen LogP) is 2.55. The van der Waals surface area contributed by atoms with Crippen LogP contribution >= 0.6 is 0 Å². The number of anilines is 3. The maximum Gasteiger partial charge on any atom is 0.241 e. The number of carbonyl (C=O) groups is 3. The molecule has 154 valence electrons. The van der Waals surface area contributed by atoms with Crippen molar-refractivity contribution in [2.75, 3.05) is 36.7 Å². The van der Waals surface area contributed by atoms with E-state index in [2.05, 4.69) is 16.0 Å². The first kappa shape index (κ1) is 21.9. The first-order valence-electron chi connectivity index (χ1n) is 9.11. The van der Waals surface area contributed by atoms with Gasteiger partial charge in [0.25, 0.3) is 0 Å². The molecule has 0 radical (unpaired) electrons. The molecule has 0 unspecified atom stereocenters. The van der Waals surface area contributed by atoms with Crippen LogP contribution in [0.2, 0.25) is 0 Å². The van der Waals surface area contributed by atoms with Gasteiger partial charge in [0.1, 0.15) is 5.75 Å². The zero-order valence-corrected chi connectivity index (χ0v) is 17.0. The Morgan fingerprint density at radius 2 is 1.38 bits per heavy atom. The normalized spacial score (nSPS) is 11.5. The third-order valence-corrected chi connectivity index (χ3v) is 4.28. The number of methoxy groups -OCH3 is 1. The van der Waals surface area contributed by atoms with Crippen LogP contribution < -0.4 is 20.7 Å². The van der Waals surface area contributed by atoms with E-state index in [1.54, 1.807) is 74.5 Å². The summed E-state index contributed by atoms with van der Waals surface area (Å²) < 4.78 is 5.08. The highest BCUT2D eigenvalue weighted by Crippen LogP contribution is 2.16. The Balaban J connectivity index is 1.85. The molecule has 0 fully saturated rings. The Morgan fingerprint density at radius 3 is 1.90 bits per heavy atom. The second kappa shape index (κ2) is 10.2. The molecule has 29 heavy (non-hydrogen) atoms. The summed E-state index contributed by atoms with van der Waals surface area (Å²) in [5.41, 5.74) is 1.91. The van der Waals surface area contributed by atoms with Crippen molar-refractivity contribution in [2.45, 2.75) is 19.9 Å². The number of ether oxygens (including phenoxy) is 1. The third-order valence-electron chi connectivity index (χ3n) is 4.28. The van der Waals surface area contributed by atoms with Gasteiger partial charge in [-0.15, -0.1) is 0 Å². The molecule has 0 bridgehead atoms. The Kier molecular flexibility index (Phi) is 7.73. The van der Waals surface area contributed by atoms with Crippen molar-refractivity contribution >= 4 is 34.8 Å². The number of hydrogen-bond acceptors (Lipinski definition) is 5. The minimum atomic E-state index is -0.522. The highest BCUT2D eigenvalue weighted by atomic mass is 16.5. The lowest BCUT2D eigenvalue weighted by atomic mass is 10.2. The van der Waals surface area contributed by atoms with Crippen LogP contribution in [0.4, 0.5) is 17.1 Å². The van der Waals surface area contributed by atoms with Crippen LogP contribution in [0.3, 0.4) is 0 Å². The lowest BCUT2D eigenvalue weighted by molar-refractivity contribution is -0.122. The summed E-state index contributed by atoms with van der Waals surface area (Å²) in [6.45, 7) is 3.21. The molecule has 0 aliphatic heterocycles. The van der Waals surface area contributed by atoms with Gasteiger partial charge in [-0.3, -0.25) is 19.3 Å². The molecule has 3 amide bonds. The molecule has 0 aromatic heterocycles. The van der Waals surface area contributed by atoms with Crippen molar-refractivity contribution in [3.8, 4) is 5.75 Å². The minimum absolute atomic E-state index is 0.0576. The molecule has 1 atom stereocenters. The fraction of sp³-hybridized carbons (Fsp3) is 0.286. The first-order valence-corrected chi connectivity index (χ1v) is 9.11. The van der Waals surface area contributed by atoms with Crippen molar-refractivity contribution in [3.63, 3.8) is 0 Å². The third kappa shape index (κ3) is 6.93. The van der Waals surface area contributed by atoms with Crippen molar-refractivity contribution in [1.29, 1.82) is 0 Å². The van der Waals surface area contributed by atoms with Crippen molar-refractivity contribution in [3.05, 3.63) is 48.5 Å². The predicted molar refractivity (Wildman–Crippen MR) is 113 cm³/mol. The molecule has 3 N–H and O–H groups in total. The maximum atomic E-state index is 12.5. The fourth-order valence-corrected chi connectivity index (χ4v) is 2.53. The summed E-state index contributed by atoms with van der Waals surface area (Å²) in [5.74, 6) is 0.0782. The van der Waals surface area contributed by atoms with Crippen LogP contribution in [0.5, 0.6) is 5.75 Å². The Labute approximate surface area is 170 Å². The second-order valence-electron chi connectivity index (χ2n) is 6.62. The number of likely N-dealkylation sites (N-methyl/N-ethyl adjacent to an activating group) is 1. The molecule has 0 saturated carbocycles. The average molecular weight is 398 g/mol. The van der Waals surface area contributed by atoms with Crippen LogP contribution in [0.25, 0.3) is 0 Å². The molecule has 0 aliphatic carbocycles. The van der Waals surface area contributed by atoms with E-state index in [1.165, 1.54) is 6.92 Å². The van der Waals surface area contributed by atoms with E-state index in [-0.39, 0.29) is 24.3 Å². The topological polar surface area (TPSA) is 99.8 Å². The number of nitrogens with zero attached hydrogens (tertiary/aromatic N) is 1. The van der Waals surface area contributed by atoms with E-state index in [1.807, 2.05) is 0 Å². The van der Waals surface area contributed by atoms with E-state index in [4.69, 9.17) is 4.74 Å². The molecular weight excluding hydrogens is 372 g/mol. The molecular formula is C21H26N4O4. The second-order valence-corrected chi connectivity index (χ2v) is 6.62. The maximum absolute atomic E-state index is 12.5. The van der Waals surface area contributed by atoms with Gasteiger partial charge in [-0.2, -0.15) is 0 Å². The van der Waals surface area contributed by atoms with Gasteiger partial charge in [0.2, 0.25) is 17.7 Å². The lowest BCUT2D eigenvalue weighted by Gasteiger charge is -2.23. The largest absolute Gasteiger partial charge is 0.497 e. The Bertz CT molecular complexity index is 850. The standard InChI is InChI=1S/C21H26N4O4/c1-14(21(28)24-18-7-5-16(6-8-18)22-15(2)26)25(3)13-20(27)23-17-9-11-19(29-4)12-10-17/h5-12,14H,13H2,1-4H3,(H,22,26)(H,23,27)(H,24,28)/t14-/m0/s1. The number of rotatable bonds is 8. The molecule has 2 aromatic carbocycles. The SMILES string of the molecule is COc1ccc(NC(=O)CN(C)[C@@H](C)C(=O)Nc2ccc(NC(C)=O)cc2)cc1. The molecule has 8 nitrogen and oxygen atoms in total. The number of benzene rings is 2. The summed E-state index contributed by atoms with van der Waals surface area (Å²) >= 11 is 0. The van der Waals surface area contributed by atoms with Gasteiger partial charge in [0.15, 0.2) is 0 Å². The monoisotopic (exact) mass is 398 g/mol. The van der Waals surface area contributed by atoms with E-state index in [9.17, 15) is 14.4 Å². The highest BCUT2D eigenvalue weighted by Gasteiger charge is 2.20. The van der Waals surface area contributed by atoms with Gasteiger partial charge in [-0.1, -0.05) is 0 Å². The van der Waals surface area contributed by atoms with Gasteiger partial charge in [-0.25, -0.2) is 0 Å². The summed E-state index contributed by atoms with van der Waals surface area (Å²) in [4.78, 5) is 37.4. The number of carbonyl (C=O) groups excluding carboxylic acids is 3. The van der Waals surface area contributed by atoms with Gasteiger partial charge >= 0.3 is 0 Å². The van der Waals surface area contributed by atoms with Crippen molar-refractivity contribution < 1.29 is 19.1 Å². The number of nitrogens with one attached hydrogen (secondary N) is 3. The van der Waals surface area contributed by atoms with Crippen LogP contribution in [-0.4, -0.2) is 49.4 Å². The van der Waals surface area contributed by atoms with E-state index < -0.39 is 6.04 Å². The average Bonchev–Trinajstić information content (AvgIpc) is 2.68. The van der Waals surface area contributed by atoms with E-state index in [0.29, 0.717) is 22.8 Å². The Morgan fingerprint density at radius 1 is 0.897 bits per heavy atom. The Hall–Kier alpha value is -3.39. The van der Waals surface area contributed by atoms with Crippen LogP contribution in [0.15, 0.2) is 48.5 Å². The van der Waals surface area contributed by atoms with Gasteiger partial charge in [-0.05, 0) is 62.5 Å². The van der Waals surface area contributed by atoms with Crippen molar-refractivity contribution in [2.24, 2.45) is 0 Å². The summed E-state index contributed by atoms with van der Waals surface area (Å²) in [6.07, 6.45) is 0. The quantitative estimate of drug-likeness (QED) is 0.635. The number of amides is 3. The highest BCUT2D eigenvalue weighted by molar-refractivity contribution is 5.96. The van der Waals surface area contributed by atoms with E-state index >= 15 is 0 Å². The first-order chi connectivity index (χ1) is 13.8. The molecule has 2 aromatic rings. The molecule has 0 saturated heterocycles. The van der Waals surface area contributed by atoms with Gasteiger partial charge in [0.05, 0.1) is 19.7 Å². The summed E-state index contributed by atoms with van der Waals surface area (Å²) in [7, 11) is 3.28. The molecule has 2 rings (SSSR count). The van der Waals surface area contributed by atoms with Crippen LogP contribution in [0.1, 0.15) is 13.8 Å². The van der Waals surface area contributed by atoms with Gasteiger partial charge in [0, 0.05) is 24.0 Å². The molecule has 0 aliphatic rings. The molecule has 0 spiro atoms. The number of hydrogen-bond donors (Lipinski definition) is 3. The van der Waals surface area contributed by atoms with Crippen LogP contribution in [-0.2, 0) is 14.4 Å². The van der Waals surface area contributed by atoms with Crippen molar-refractivity contribution in [1.82, 2.24) is 4.90 Å².